The van der Waals surface area contributed by atoms with Crippen molar-refractivity contribution in [3.8, 4) is 0 Å². The van der Waals surface area contributed by atoms with Gasteiger partial charge in [-0.1, -0.05) is 6.07 Å². The Balaban J connectivity index is 2.01. The standard InChI is InChI=1S/C13H17IN2O/c1-9-4-5-10(7-12(9)14)13(17)16-11-3-2-6-15-8-11/h4-5,7,11,15H,2-3,6,8H2,1H3,(H,16,17)/t11-/m0/s1. The van der Waals surface area contributed by atoms with Gasteiger partial charge in [0.25, 0.3) is 5.91 Å². The molecule has 1 aromatic carbocycles. The fourth-order valence-corrected chi connectivity index (χ4v) is 2.49. The second kappa shape index (κ2) is 5.82. The predicted octanol–water partition coefficient (Wildman–Crippen LogP) is 2.08. The molecule has 0 unspecified atom stereocenters. The summed E-state index contributed by atoms with van der Waals surface area (Å²) in [5.41, 5.74) is 1.96. The van der Waals surface area contributed by atoms with Gasteiger partial charge >= 0.3 is 0 Å². The number of rotatable bonds is 2. The van der Waals surface area contributed by atoms with Crippen LogP contribution in [0.4, 0.5) is 0 Å². The quantitative estimate of drug-likeness (QED) is 0.807. The zero-order valence-electron chi connectivity index (χ0n) is 9.92. The first-order valence-electron chi connectivity index (χ1n) is 5.94. The van der Waals surface area contributed by atoms with Crippen molar-refractivity contribution in [2.75, 3.05) is 13.1 Å². The van der Waals surface area contributed by atoms with E-state index in [4.69, 9.17) is 0 Å². The van der Waals surface area contributed by atoms with E-state index in [9.17, 15) is 4.79 Å². The van der Waals surface area contributed by atoms with Crippen LogP contribution in [0, 0.1) is 10.5 Å². The highest BCUT2D eigenvalue weighted by Gasteiger charge is 2.16. The SMILES string of the molecule is Cc1ccc(C(=O)N[C@H]2CCCNC2)cc1I. The summed E-state index contributed by atoms with van der Waals surface area (Å²) in [5.74, 6) is 0.0385. The third kappa shape index (κ3) is 3.42. The molecule has 17 heavy (non-hydrogen) atoms. The van der Waals surface area contributed by atoms with Crippen molar-refractivity contribution in [1.82, 2.24) is 10.6 Å². The average Bonchev–Trinajstić information content (AvgIpc) is 2.34. The summed E-state index contributed by atoms with van der Waals surface area (Å²) in [5, 5.41) is 6.37. The molecule has 4 heteroatoms. The Kier molecular flexibility index (Phi) is 4.39. The molecule has 1 amide bonds. The number of nitrogens with one attached hydrogen (secondary N) is 2. The van der Waals surface area contributed by atoms with Crippen molar-refractivity contribution in [3.63, 3.8) is 0 Å². The van der Waals surface area contributed by atoms with Crippen LogP contribution in [0.5, 0.6) is 0 Å². The predicted molar refractivity (Wildman–Crippen MR) is 77.3 cm³/mol. The number of benzene rings is 1. The van der Waals surface area contributed by atoms with Crippen LogP contribution >= 0.6 is 22.6 Å². The van der Waals surface area contributed by atoms with Gasteiger partial charge in [-0.15, -0.1) is 0 Å². The van der Waals surface area contributed by atoms with Gasteiger partial charge in [0.2, 0.25) is 0 Å². The summed E-state index contributed by atoms with van der Waals surface area (Å²) in [4.78, 5) is 12.0. The van der Waals surface area contributed by atoms with E-state index in [1.807, 2.05) is 18.2 Å². The molecule has 1 heterocycles. The fraction of sp³-hybridized carbons (Fsp3) is 0.462. The smallest absolute Gasteiger partial charge is 0.251 e. The van der Waals surface area contributed by atoms with E-state index in [0.717, 1.165) is 35.1 Å². The average molecular weight is 344 g/mol. The van der Waals surface area contributed by atoms with Crippen molar-refractivity contribution in [1.29, 1.82) is 0 Å². The highest BCUT2D eigenvalue weighted by molar-refractivity contribution is 14.1. The van der Waals surface area contributed by atoms with E-state index >= 15 is 0 Å². The van der Waals surface area contributed by atoms with Gasteiger partial charge in [0.15, 0.2) is 0 Å². The summed E-state index contributed by atoms with van der Waals surface area (Å²) < 4.78 is 1.14. The van der Waals surface area contributed by atoms with E-state index in [1.54, 1.807) is 0 Å². The maximum atomic E-state index is 12.0. The molecule has 92 valence electrons. The third-order valence-electron chi connectivity index (χ3n) is 3.07. The molecule has 1 aliphatic rings. The number of carbonyl (C=O) groups excluding carboxylic acids is 1. The van der Waals surface area contributed by atoms with Gasteiger partial charge in [0.05, 0.1) is 0 Å². The van der Waals surface area contributed by atoms with Gasteiger partial charge in [-0.2, -0.15) is 0 Å². The van der Waals surface area contributed by atoms with Crippen LogP contribution in [0.3, 0.4) is 0 Å². The molecule has 1 fully saturated rings. The lowest BCUT2D eigenvalue weighted by Gasteiger charge is -2.23. The summed E-state index contributed by atoms with van der Waals surface area (Å²) in [6.45, 7) is 4.00. The van der Waals surface area contributed by atoms with Crippen LogP contribution in [0.1, 0.15) is 28.8 Å². The lowest BCUT2D eigenvalue weighted by molar-refractivity contribution is 0.0930. The summed E-state index contributed by atoms with van der Waals surface area (Å²) in [6.07, 6.45) is 2.21. The maximum absolute atomic E-state index is 12.0. The first-order chi connectivity index (χ1) is 8.16. The van der Waals surface area contributed by atoms with E-state index in [1.165, 1.54) is 5.56 Å². The monoisotopic (exact) mass is 344 g/mol. The van der Waals surface area contributed by atoms with Crippen LogP contribution in [0.2, 0.25) is 0 Å². The van der Waals surface area contributed by atoms with E-state index in [-0.39, 0.29) is 11.9 Å². The summed E-state index contributed by atoms with van der Waals surface area (Å²) in [6, 6.07) is 6.11. The van der Waals surface area contributed by atoms with Crippen molar-refractivity contribution >= 4 is 28.5 Å². The molecule has 0 aromatic heterocycles. The Labute approximate surface area is 116 Å². The van der Waals surface area contributed by atoms with E-state index in [0.29, 0.717) is 0 Å². The Morgan fingerprint density at radius 3 is 3.00 bits per heavy atom. The highest BCUT2D eigenvalue weighted by atomic mass is 127. The zero-order chi connectivity index (χ0) is 12.3. The van der Waals surface area contributed by atoms with Crippen LogP contribution in [-0.4, -0.2) is 25.0 Å². The minimum Gasteiger partial charge on any atom is -0.348 e. The zero-order valence-corrected chi connectivity index (χ0v) is 12.1. The molecular formula is C13H17IN2O. The van der Waals surface area contributed by atoms with Crippen molar-refractivity contribution < 1.29 is 4.79 Å². The molecule has 0 spiro atoms. The maximum Gasteiger partial charge on any atom is 0.251 e. The largest absolute Gasteiger partial charge is 0.348 e. The molecule has 1 aliphatic heterocycles. The minimum atomic E-state index is 0.0385. The molecular weight excluding hydrogens is 327 g/mol. The topological polar surface area (TPSA) is 41.1 Å². The van der Waals surface area contributed by atoms with E-state index in [2.05, 4.69) is 40.1 Å². The Morgan fingerprint density at radius 1 is 1.53 bits per heavy atom. The fourth-order valence-electron chi connectivity index (χ4n) is 1.98. The van der Waals surface area contributed by atoms with Crippen molar-refractivity contribution in [2.45, 2.75) is 25.8 Å². The molecule has 1 saturated heterocycles. The molecule has 1 atom stereocenters. The van der Waals surface area contributed by atoms with Crippen LogP contribution in [-0.2, 0) is 0 Å². The number of carbonyl (C=O) groups is 1. The number of hydrogen-bond donors (Lipinski definition) is 2. The Morgan fingerprint density at radius 2 is 2.35 bits per heavy atom. The number of amides is 1. The summed E-state index contributed by atoms with van der Waals surface area (Å²) >= 11 is 2.26. The van der Waals surface area contributed by atoms with Gasteiger partial charge in [0.1, 0.15) is 0 Å². The molecule has 1 aromatic rings. The van der Waals surface area contributed by atoms with Gasteiger partial charge in [-0.3, -0.25) is 4.79 Å². The van der Waals surface area contributed by atoms with Crippen molar-refractivity contribution in [3.05, 3.63) is 32.9 Å². The lowest BCUT2D eigenvalue weighted by Crippen LogP contribution is -2.45. The lowest BCUT2D eigenvalue weighted by atomic mass is 10.1. The number of aryl methyl sites for hydroxylation is 1. The van der Waals surface area contributed by atoms with Gasteiger partial charge in [-0.25, -0.2) is 0 Å². The Hall–Kier alpha value is -0.620. The second-order valence-corrected chi connectivity index (χ2v) is 5.64. The molecule has 0 aliphatic carbocycles. The van der Waals surface area contributed by atoms with Crippen molar-refractivity contribution in [2.24, 2.45) is 0 Å². The van der Waals surface area contributed by atoms with E-state index < -0.39 is 0 Å². The van der Waals surface area contributed by atoms with Gasteiger partial charge in [0, 0.05) is 21.7 Å². The molecule has 0 radical (unpaired) electrons. The van der Waals surface area contributed by atoms with Crippen LogP contribution in [0.15, 0.2) is 18.2 Å². The normalized spacial score (nSPS) is 20.0. The molecule has 2 N–H and O–H groups in total. The first-order valence-corrected chi connectivity index (χ1v) is 7.02. The minimum absolute atomic E-state index is 0.0385. The highest BCUT2D eigenvalue weighted by Crippen LogP contribution is 2.14. The number of hydrogen-bond acceptors (Lipinski definition) is 2. The Bertz CT molecular complexity index is 414. The van der Waals surface area contributed by atoms with Gasteiger partial charge in [-0.05, 0) is 66.6 Å². The van der Waals surface area contributed by atoms with Crippen LogP contribution in [0.25, 0.3) is 0 Å². The van der Waals surface area contributed by atoms with Gasteiger partial charge < -0.3 is 10.6 Å². The number of halogens is 1. The third-order valence-corrected chi connectivity index (χ3v) is 4.23. The molecule has 2 rings (SSSR count). The molecule has 0 bridgehead atoms. The molecule has 0 saturated carbocycles. The first kappa shape index (κ1) is 12.8. The molecule has 3 nitrogen and oxygen atoms in total. The second-order valence-electron chi connectivity index (χ2n) is 4.48. The summed E-state index contributed by atoms with van der Waals surface area (Å²) in [7, 11) is 0. The number of piperidine rings is 1. The van der Waals surface area contributed by atoms with Crippen LogP contribution < -0.4 is 10.6 Å².